The maximum Gasteiger partial charge on any atom is 0.343 e. The highest BCUT2D eigenvalue weighted by Gasteiger charge is 2.57. The molecule has 9 heteroatoms. The van der Waals surface area contributed by atoms with Crippen molar-refractivity contribution in [3.63, 3.8) is 0 Å². The Morgan fingerprint density at radius 1 is 0.944 bits per heavy atom. The van der Waals surface area contributed by atoms with Crippen molar-refractivity contribution in [1.29, 1.82) is 0 Å². The molecule has 0 N–H and O–H groups in total. The monoisotopic (exact) mass is 527 g/mol. The lowest BCUT2D eigenvalue weighted by molar-refractivity contribution is -0.179. The molecule has 3 aromatic carbocycles. The molecular formula is C27H23Cl2NO6. The minimum absolute atomic E-state index is 0.0339. The van der Waals surface area contributed by atoms with Crippen molar-refractivity contribution in [3.8, 4) is 11.5 Å². The number of ether oxygens (including phenoxy) is 3. The first-order chi connectivity index (χ1) is 17.3. The Morgan fingerprint density at radius 2 is 1.58 bits per heavy atom. The number of hydrogen-bond acceptors (Lipinski definition) is 6. The molecule has 0 unspecified atom stereocenters. The summed E-state index contributed by atoms with van der Waals surface area (Å²) in [5.74, 6) is -0.481. The largest absolute Gasteiger partial charge is 0.497 e. The number of hydrogen-bond donors (Lipinski definition) is 0. The molecule has 1 fully saturated rings. The van der Waals surface area contributed by atoms with E-state index in [9.17, 15) is 14.4 Å². The quantitative estimate of drug-likeness (QED) is 0.230. The average Bonchev–Trinajstić information content (AvgIpc) is 2.88. The maximum atomic E-state index is 13.0. The van der Waals surface area contributed by atoms with Crippen LogP contribution in [0.25, 0.3) is 0 Å². The average molecular weight is 528 g/mol. The van der Waals surface area contributed by atoms with Crippen molar-refractivity contribution < 1.29 is 28.6 Å². The van der Waals surface area contributed by atoms with Gasteiger partial charge in [-0.25, -0.2) is 9.59 Å². The summed E-state index contributed by atoms with van der Waals surface area (Å²) in [5, 5.41) is 0.399. The van der Waals surface area contributed by atoms with Crippen LogP contribution in [0.5, 0.6) is 11.5 Å². The number of likely N-dealkylation sites (tertiary alicyclic amines) is 1. The first kappa shape index (κ1) is 25.5. The summed E-state index contributed by atoms with van der Waals surface area (Å²) >= 11 is 13.1. The molecular weight excluding hydrogens is 505 g/mol. The fourth-order valence-electron chi connectivity index (χ4n) is 4.18. The molecule has 186 valence electrons. The lowest BCUT2D eigenvalue weighted by Gasteiger charge is -2.50. The summed E-state index contributed by atoms with van der Waals surface area (Å²) < 4.78 is 15.7. The normalized spacial score (nSPS) is 16.8. The van der Waals surface area contributed by atoms with E-state index < -0.39 is 17.5 Å². The van der Waals surface area contributed by atoms with Gasteiger partial charge in [-0.15, -0.1) is 0 Å². The number of carbonyl (C=O) groups excluding carboxylic acids is 3. The van der Waals surface area contributed by atoms with Crippen LogP contribution in [0.1, 0.15) is 27.9 Å². The van der Waals surface area contributed by atoms with Crippen molar-refractivity contribution in [2.45, 2.75) is 24.9 Å². The molecule has 1 atom stereocenters. The molecule has 1 amide bonds. The van der Waals surface area contributed by atoms with Crippen LogP contribution in [0.4, 0.5) is 0 Å². The molecule has 0 radical (unpaired) electrons. The van der Waals surface area contributed by atoms with E-state index in [0.29, 0.717) is 16.9 Å². The van der Waals surface area contributed by atoms with E-state index >= 15 is 0 Å². The molecule has 0 spiro atoms. The summed E-state index contributed by atoms with van der Waals surface area (Å²) in [6.45, 7) is 0.194. The highest BCUT2D eigenvalue weighted by molar-refractivity contribution is 6.36. The van der Waals surface area contributed by atoms with Crippen molar-refractivity contribution in [3.05, 3.63) is 93.5 Å². The van der Waals surface area contributed by atoms with Crippen molar-refractivity contribution in [2.75, 3.05) is 14.2 Å². The van der Waals surface area contributed by atoms with Crippen LogP contribution in [-0.2, 0) is 27.3 Å². The standard InChI is InChI=1S/C27H23Cl2NO6/c1-34-19-10-8-17(9-11-19)16-30-24(31)15-27(30,26(33)35-2)14-21-22(28)12-20(13-23(21)29)36-25(32)18-6-4-3-5-7-18/h3-13H,14-16H2,1-2H3/t27-/m0/s1. The highest BCUT2D eigenvalue weighted by atomic mass is 35.5. The first-order valence-electron chi connectivity index (χ1n) is 11.0. The van der Waals surface area contributed by atoms with E-state index in [1.807, 2.05) is 12.1 Å². The number of amides is 1. The molecule has 0 aromatic heterocycles. The van der Waals surface area contributed by atoms with E-state index in [1.165, 1.54) is 24.1 Å². The van der Waals surface area contributed by atoms with E-state index in [-0.39, 0.29) is 41.1 Å². The summed E-state index contributed by atoms with van der Waals surface area (Å²) in [4.78, 5) is 39.5. The maximum absolute atomic E-state index is 13.0. The second-order valence-corrected chi connectivity index (χ2v) is 9.14. The molecule has 1 heterocycles. The number of carbonyl (C=O) groups is 3. The SMILES string of the molecule is COC(=O)[C@]1(Cc2c(Cl)cc(OC(=O)c3ccccc3)cc2Cl)CC(=O)N1Cc1ccc(OC)cc1. The Bertz CT molecular complexity index is 1270. The van der Waals surface area contributed by atoms with Gasteiger partial charge in [0.05, 0.1) is 26.2 Å². The summed E-state index contributed by atoms with van der Waals surface area (Å²) in [6, 6.07) is 18.6. The Kier molecular flexibility index (Phi) is 7.52. The number of benzene rings is 3. The van der Waals surface area contributed by atoms with Gasteiger partial charge in [0, 0.05) is 23.0 Å². The lowest BCUT2D eigenvalue weighted by Crippen LogP contribution is -2.68. The van der Waals surface area contributed by atoms with Gasteiger partial charge >= 0.3 is 11.9 Å². The molecule has 3 aromatic rings. The molecule has 1 aliphatic rings. The molecule has 0 saturated carbocycles. The van der Waals surface area contributed by atoms with Crippen LogP contribution >= 0.6 is 23.2 Å². The molecule has 1 aliphatic heterocycles. The zero-order valence-corrected chi connectivity index (χ0v) is 21.1. The van der Waals surface area contributed by atoms with Gasteiger partial charge in [-0.1, -0.05) is 53.5 Å². The highest BCUT2D eigenvalue weighted by Crippen LogP contribution is 2.42. The minimum atomic E-state index is -1.28. The topological polar surface area (TPSA) is 82.1 Å². The van der Waals surface area contributed by atoms with Crippen molar-refractivity contribution in [2.24, 2.45) is 0 Å². The van der Waals surface area contributed by atoms with E-state index in [0.717, 1.165) is 5.56 Å². The van der Waals surface area contributed by atoms with Gasteiger partial charge in [0.15, 0.2) is 5.54 Å². The number of nitrogens with zero attached hydrogens (tertiary/aromatic N) is 1. The van der Waals surface area contributed by atoms with E-state index in [4.69, 9.17) is 37.4 Å². The predicted octanol–water partition coefficient (Wildman–Crippen LogP) is 5.11. The molecule has 36 heavy (non-hydrogen) atoms. The number of rotatable bonds is 8. The van der Waals surface area contributed by atoms with Crippen LogP contribution in [0.2, 0.25) is 10.0 Å². The van der Waals surface area contributed by atoms with Crippen LogP contribution < -0.4 is 9.47 Å². The summed E-state index contributed by atoms with van der Waals surface area (Å²) in [7, 11) is 2.84. The van der Waals surface area contributed by atoms with Crippen LogP contribution in [0, 0.1) is 0 Å². The molecule has 7 nitrogen and oxygen atoms in total. The summed E-state index contributed by atoms with van der Waals surface area (Å²) in [6.07, 6.45) is -0.0145. The number of methoxy groups -OCH3 is 2. The van der Waals surface area contributed by atoms with Gasteiger partial charge in [-0.05, 0) is 47.5 Å². The zero-order chi connectivity index (χ0) is 25.9. The van der Waals surface area contributed by atoms with Gasteiger partial charge in [0.1, 0.15) is 11.5 Å². The third-order valence-corrected chi connectivity index (χ3v) is 6.80. The smallest absolute Gasteiger partial charge is 0.343 e. The fraction of sp³-hybridized carbons (Fsp3) is 0.222. The van der Waals surface area contributed by atoms with Crippen molar-refractivity contribution >= 4 is 41.0 Å². The predicted molar refractivity (Wildman–Crippen MR) is 134 cm³/mol. The third kappa shape index (κ3) is 5.03. The Hall–Kier alpha value is -3.55. The minimum Gasteiger partial charge on any atom is -0.497 e. The van der Waals surface area contributed by atoms with Gasteiger partial charge < -0.3 is 19.1 Å². The van der Waals surface area contributed by atoms with Gasteiger partial charge in [-0.3, -0.25) is 4.79 Å². The number of halogens is 2. The first-order valence-corrected chi connectivity index (χ1v) is 11.8. The summed E-state index contributed by atoms with van der Waals surface area (Å²) in [5.41, 5.74) is 0.356. The van der Waals surface area contributed by atoms with Gasteiger partial charge in [-0.2, -0.15) is 0 Å². The molecule has 0 aliphatic carbocycles. The van der Waals surface area contributed by atoms with Gasteiger partial charge in [0.25, 0.3) is 0 Å². The lowest BCUT2D eigenvalue weighted by atomic mass is 9.78. The van der Waals surface area contributed by atoms with Crippen LogP contribution in [-0.4, -0.2) is 42.5 Å². The van der Waals surface area contributed by atoms with Gasteiger partial charge in [0.2, 0.25) is 5.91 Å². The Balaban J connectivity index is 1.59. The van der Waals surface area contributed by atoms with Crippen LogP contribution in [0.15, 0.2) is 66.7 Å². The Morgan fingerprint density at radius 3 is 2.14 bits per heavy atom. The molecule has 0 bridgehead atoms. The second-order valence-electron chi connectivity index (χ2n) is 8.33. The number of esters is 2. The molecule has 1 saturated heterocycles. The van der Waals surface area contributed by atoms with Crippen molar-refractivity contribution in [1.82, 2.24) is 4.90 Å². The number of β-lactam (4-membered cyclic amide) rings is 1. The Labute approximate surface area is 218 Å². The van der Waals surface area contributed by atoms with Crippen LogP contribution in [0.3, 0.4) is 0 Å². The third-order valence-electron chi connectivity index (χ3n) is 6.13. The van der Waals surface area contributed by atoms with E-state index in [1.54, 1.807) is 49.6 Å². The van der Waals surface area contributed by atoms with E-state index in [2.05, 4.69) is 0 Å². The zero-order valence-electron chi connectivity index (χ0n) is 19.6. The second kappa shape index (κ2) is 10.6. The molecule has 4 rings (SSSR count). The fourth-order valence-corrected chi connectivity index (χ4v) is 4.78.